The van der Waals surface area contributed by atoms with E-state index in [0.717, 1.165) is 16.0 Å². The van der Waals surface area contributed by atoms with E-state index in [4.69, 9.17) is 22.7 Å². The number of rotatable bonds is 5. The average molecular weight is 430 g/mol. The second-order valence-corrected chi connectivity index (χ2v) is 7.74. The minimum absolute atomic E-state index is 0.0668. The van der Waals surface area contributed by atoms with Gasteiger partial charge < -0.3 is 21.1 Å². The van der Waals surface area contributed by atoms with Crippen LogP contribution < -0.4 is 16.4 Å². The van der Waals surface area contributed by atoms with Crippen molar-refractivity contribution in [1.29, 1.82) is 0 Å². The van der Waals surface area contributed by atoms with Gasteiger partial charge in [0.05, 0.1) is 12.8 Å². The van der Waals surface area contributed by atoms with Gasteiger partial charge in [-0.25, -0.2) is 4.79 Å². The van der Waals surface area contributed by atoms with E-state index in [9.17, 15) is 9.59 Å². The molecule has 0 saturated carbocycles. The number of carbonyl (C=O) groups is 2. The van der Waals surface area contributed by atoms with Crippen LogP contribution in [0.3, 0.4) is 0 Å². The molecule has 2 aromatic heterocycles. The Kier molecular flexibility index (Phi) is 5.95. The Morgan fingerprint density at radius 3 is 2.55 bits per heavy atom. The molecule has 0 spiro atoms. The molecule has 29 heavy (non-hydrogen) atoms. The van der Waals surface area contributed by atoms with Crippen LogP contribution >= 0.6 is 23.6 Å². The van der Waals surface area contributed by atoms with Crippen LogP contribution in [0.5, 0.6) is 0 Å². The second kappa shape index (κ2) is 8.41. The van der Waals surface area contributed by atoms with Crippen molar-refractivity contribution in [3.05, 3.63) is 52.7 Å². The summed E-state index contributed by atoms with van der Waals surface area (Å²) < 4.78 is 6.45. The average Bonchev–Trinajstić information content (AvgIpc) is 3.21. The third kappa shape index (κ3) is 4.28. The van der Waals surface area contributed by atoms with Gasteiger partial charge in [-0.1, -0.05) is 30.3 Å². The maximum absolute atomic E-state index is 12.5. The molecule has 1 amide bonds. The fraction of sp³-hybridized carbons (Fsp3) is 0.158. The Morgan fingerprint density at radius 1 is 1.24 bits per heavy atom. The van der Waals surface area contributed by atoms with E-state index >= 15 is 0 Å². The topological polar surface area (TPSA) is 111 Å². The summed E-state index contributed by atoms with van der Waals surface area (Å²) in [5.41, 5.74) is 7.86. The van der Waals surface area contributed by atoms with Crippen molar-refractivity contribution in [2.24, 2.45) is 12.8 Å². The number of methoxy groups -OCH3 is 1. The number of ether oxygens (including phenoxy) is 1. The lowest BCUT2D eigenvalue weighted by Crippen LogP contribution is -2.22. The molecule has 2 heterocycles. The first-order chi connectivity index (χ1) is 13.8. The van der Waals surface area contributed by atoms with Gasteiger partial charge in [-0.05, 0) is 24.7 Å². The molecule has 0 unspecified atom stereocenters. The zero-order valence-electron chi connectivity index (χ0n) is 16.0. The van der Waals surface area contributed by atoms with Crippen molar-refractivity contribution in [3.63, 3.8) is 0 Å². The Bertz CT molecular complexity index is 1090. The predicted molar refractivity (Wildman–Crippen MR) is 117 cm³/mol. The lowest BCUT2D eigenvalue weighted by Gasteiger charge is -2.11. The van der Waals surface area contributed by atoms with Crippen LogP contribution in [0.1, 0.15) is 25.7 Å². The van der Waals surface area contributed by atoms with E-state index in [-0.39, 0.29) is 10.8 Å². The van der Waals surface area contributed by atoms with Gasteiger partial charge in [-0.3, -0.25) is 9.48 Å². The molecule has 0 aliphatic rings. The number of nitrogens with one attached hydrogen (secondary N) is 2. The normalized spacial score (nSPS) is 10.4. The number of benzene rings is 1. The smallest absolute Gasteiger partial charge is 0.341 e. The Morgan fingerprint density at radius 2 is 1.93 bits per heavy atom. The number of nitrogens with two attached hydrogens (primary N) is 1. The maximum Gasteiger partial charge on any atom is 0.341 e. The molecule has 1 aromatic carbocycles. The van der Waals surface area contributed by atoms with E-state index in [1.54, 1.807) is 13.2 Å². The largest absolute Gasteiger partial charge is 0.465 e. The summed E-state index contributed by atoms with van der Waals surface area (Å²) >= 11 is 6.75. The number of aryl methyl sites for hydroxylation is 2. The zero-order chi connectivity index (χ0) is 21.1. The van der Waals surface area contributed by atoms with Crippen LogP contribution in [0.15, 0.2) is 36.5 Å². The summed E-state index contributed by atoms with van der Waals surface area (Å²) in [6.07, 6.45) is 1.59. The van der Waals surface area contributed by atoms with Crippen molar-refractivity contribution in [2.75, 3.05) is 17.7 Å². The molecule has 0 saturated heterocycles. The third-order valence-corrected chi connectivity index (χ3v) is 5.30. The quantitative estimate of drug-likeness (QED) is 0.422. The number of hydrogen-bond acceptors (Lipinski definition) is 6. The number of primary amides is 1. The molecule has 0 bridgehead atoms. The number of hydrogen-bond donors (Lipinski definition) is 3. The summed E-state index contributed by atoms with van der Waals surface area (Å²) in [7, 11) is 3.00. The highest BCUT2D eigenvalue weighted by Crippen LogP contribution is 2.40. The summed E-state index contributed by atoms with van der Waals surface area (Å²) in [5.74, 6) is -1.15. The van der Waals surface area contributed by atoms with Gasteiger partial charge >= 0.3 is 5.97 Å². The van der Waals surface area contributed by atoms with Crippen molar-refractivity contribution in [2.45, 2.75) is 6.92 Å². The van der Waals surface area contributed by atoms with Crippen molar-refractivity contribution in [1.82, 2.24) is 9.78 Å². The molecule has 0 radical (unpaired) electrons. The molecule has 0 fully saturated rings. The number of nitrogens with zero attached hydrogens (tertiary/aromatic N) is 2. The summed E-state index contributed by atoms with van der Waals surface area (Å²) in [6, 6.07) is 9.57. The number of esters is 1. The molecule has 150 valence electrons. The number of amides is 1. The monoisotopic (exact) mass is 429 g/mol. The molecule has 10 heteroatoms. The minimum Gasteiger partial charge on any atom is -0.465 e. The highest BCUT2D eigenvalue weighted by molar-refractivity contribution is 7.80. The van der Waals surface area contributed by atoms with Crippen LogP contribution in [0.4, 0.5) is 10.7 Å². The van der Waals surface area contributed by atoms with E-state index in [1.165, 1.54) is 23.1 Å². The molecule has 0 aliphatic heterocycles. The minimum atomic E-state index is -0.676. The molecular formula is C19H19N5O3S2. The molecule has 0 atom stereocenters. The fourth-order valence-corrected chi connectivity index (χ4v) is 4.25. The van der Waals surface area contributed by atoms with Crippen LogP contribution in [0.2, 0.25) is 0 Å². The molecule has 4 N–H and O–H groups in total. The summed E-state index contributed by atoms with van der Waals surface area (Å²) in [4.78, 5) is 25.0. The van der Waals surface area contributed by atoms with E-state index < -0.39 is 11.9 Å². The van der Waals surface area contributed by atoms with E-state index in [0.29, 0.717) is 16.3 Å². The Labute approximate surface area is 176 Å². The Hall–Kier alpha value is -3.24. The van der Waals surface area contributed by atoms with Gasteiger partial charge in [-0.15, -0.1) is 11.3 Å². The van der Waals surface area contributed by atoms with Crippen LogP contribution in [0.25, 0.3) is 11.1 Å². The Balaban J connectivity index is 1.94. The van der Waals surface area contributed by atoms with Crippen molar-refractivity contribution >= 4 is 51.2 Å². The molecule has 0 aliphatic carbocycles. The van der Waals surface area contributed by atoms with Gasteiger partial charge in [0, 0.05) is 23.7 Å². The molecule has 3 aromatic rings. The standard InChI is InChI=1S/C19H19N5O3S2/c1-10-13(11-7-5-4-6-8-11)14(18(26)27-3)17(29-10)22-19(28)21-12-9-24(2)23-15(12)16(20)25/h4-9H,1-3H3,(H2,20,25)(H2,21,22,28). The molecule has 8 nitrogen and oxygen atoms in total. The SMILES string of the molecule is COC(=O)c1c(NC(=S)Nc2cn(C)nc2C(N)=O)sc(C)c1-c1ccccc1. The number of anilines is 2. The van der Waals surface area contributed by atoms with Gasteiger partial charge in [0.15, 0.2) is 10.8 Å². The first kappa shape index (κ1) is 20.5. The second-order valence-electron chi connectivity index (χ2n) is 6.10. The first-order valence-electron chi connectivity index (χ1n) is 8.50. The summed E-state index contributed by atoms with van der Waals surface area (Å²) in [5, 5.41) is 10.7. The maximum atomic E-state index is 12.5. The lowest BCUT2D eigenvalue weighted by molar-refractivity contribution is 0.0603. The molecular weight excluding hydrogens is 410 g/mol. The zero-order valence-corrected chi connectivity index (χ0v) is 17.6. The van der Waals surface area contributed by atoms with E-state index in [2.05, 4.69) is 15.7 Å². The highest BCUT2D eigenvalue weighted by Gasteiger charge is 2.25. The predicted octanol–water partition coefficient (Wildman–Crippen LogP) is 3.15. The number of carbonyl (C=O) groups excluding carboxylic acids is 2. The van der Waals surface area contributed by atoms with Gasteiger partial charge in [0.1, 0.15) is 10.6 Å². The van der Waals surface area contributed by atoms with Crippen LogP contribution in [-0.2, 0) is 11.8 Å². The van der Waals surface area contributed by atoms with E-state index in [1.807, 2.05) is 37.3 Å². The summed E-state index contributed by atoms with van der Waals surface area (Å²) in [6.45, 7) is 1.92. The van der Waals surface area contributed by atoms with Gasteiger partial charge in [0.25, 0.3) is 5.91 Å². The van der Waals surface area contributed by atoms with Crippen LogP contribution in [0, 0.1) is 6.92 Å². The van der Waals surface area contributed by atoms with Gasteiger partial charge in [-0.2, -0.15) is 5.10 Å². The fourth-order valence-electron chi connectivity index (χ4n) is 2.90. The number of thiophene rings is 1. The molecule has 3 rings (SSSR count). The van der Waals surface area contributed by atoms with Crippen molar-refractivity contribution in [3.8, 4) is 11.1 Å². The van der Waals surface area contributed by atoms with Crippen LogP contribution in [-0.4, -0.2) is 33.9 Å². The number of thiocarbonyl (C=S) groups is 1. The first-order valence-corrected chi connectivity index (χ1v) is 9.72. The number of aromatic nitrogens is 2. The van der Waals surface area contributed by atoms with Gasteiger partial charge in [0.2, 0.25) is 0 Å². The third-order valence-electron chi connectivity index (χ3n) is 4.07. The lowest BCUT2D eigenvalue weighted by atomic mass is 10.0. The van der Waals surface area contributed by atoms with Crippen molar-refractivity contribution < 1.29 is 14.3 Å². The highest BCUT2D eigenvalue weighted by atomic mass is 32.1.